The molecule has 14 heavy (non-hydrogen) atoms. The Kier molecular flexibility index (Phi) is 2.31. The van der Waals surface area contributed by atoms with E-state index in [1.165, 1.54) is 6.07 Å². The van der Waals surface area contributed by atoms with E-state index in [2.05, 4.69) is 0 Å². The second-order valence-electron chi connectivity index (χ2n) is 3.73. The SMILES string of the molecule is CC1CCc2cc(Cl)cc(F)c2C1=O. The molecule has 0 amide bonds. The zero-order valence-electron chi connectivity index (χ0n) is 7.81. The fourth-order valence-electron chi connectivity index (χ4n) is 1.85. The van der Waals surface area contributed by atoms with Gasteiger partial charge in [-0.05, 0) is 30.5 Å². The molecule has 0 bridgehead atoms. The van der Waals surface area contributed by atoms with Gasteiger partial charge in [0.25, 0.3) is 0 Å². The van der Waals surface area contributed by atoms with Gasteiger partial charge in [-0.1, -0.05) is 18.5 Å². The molecule has 0 aromatic heterocycles. The summed E-state index contributed by atoms with van der Waals surface area (Å²) in [7, 11) is 0. The molecule has 1 nitrogen and oxygen atoms in total. The summed E-state index contributed by atoms with van der Waals surface area (Å²) in [5, 5.41) is 0.364. The zero-order valence-corrected chi connectivity index (χ0v) is 8.57. The Morgan fingerprint density at radius 1 is 1.50 bits per heavy atom. The number of fused-ring (bicyclic) bond motifs is 1. The molecule has 74 valence electrons. The van der Waals surface area contributed by atoms with Gasteiger partial charge in [0.1, 0.15) is 5.82 Å². The van der Waals surface area contributed by atoms with Crippen molar-refractivity contribution in [1.82, 2.24) is 0 Å². The van der Waals surface area contributed by atoms with Crippen molar-refractivity contribution in [1.29, 1.82) is 0 Å². The minimum absolute atomic E-state index is 0.0711. The molecule has 0 saturated heterocycles. The molecule has 3 heteroatoms. The lowest BCUT2D eigenvalue weighted by Crippen LogP contribution is -2.21. The predicted molar refractivity (Wildman–Crippen MR) is 53.2 cm³/mol. The van der Waals surface area contributed by atoms with Crippen LogP contribution in [0.5, 0.6) is 0 Å². The van der Waals surface area contributed by atoms with Gasteiger partial charge in [0.2, 0.25) is 0 Å². The number of carbonyl (C=O) groups is 1. The number of rotatable bonds is 0. The average molecular weight is 213 g/mol. The largest absolute Gasteiger partial charge is 0.294 e. The Bertz CT molecular complexity index is 401. The first-order valence-corrected chi connectivity index (χ1v) is 4.99. The van der Waals surface area contributed by atoms with Crippen molar-refractivity contribution in [3.63, 3.8) is 0 Å². The van der Waals surface area contributed by atoms with E-state index >= 15 is 0 Å². The third-order valence-corrected chi connectivity index (χ3v) is 2.90. The fraction of sp³-hybridized carbons (Fsp3) is 0.364. The quantitative estimate of drug-likeness (QED) is 0.645. The molecule has 1 aliphatic carbocycles. The van der Waals surface area contributed by atoms with E-state index in [0.717, 1.165) is 18.4 Å². The summed E-state index contributed by atoms with van der Waals surface area (Å²) >= 11 is 5.71. The smallest absolute Gasteiger partial charge is 0.168 e. The van der Waals surface area contributed by atoms with Gasteiger partial charge >= 0.3 is 0 Å². The number of aryl methyl sites for hydroxylation is 1. The van der Waals surface area contributed by atoms with Gasteiger partial charge in [0.05, 0.1) is 5.56 Å². The monoisotopic (exact) mass is 212 g/mol. The lowest BCUT2D eigenvalue weighted by molar-refractivity contribution is 0.0909. The van der Waals surface area contributed by atoms with E-state index in [-0.39, 0.29) is 17.3 Å². The van der Waals surface area contributed by atoms with Crippen molar-refractivity contribution >= 4 is 17.4 Å². The van der Waals surface area contributed by atoms with Crippen molar-refractivity contribution < 1.29 is 9.18 Å². The average Bonchev–Trinajstić information content (AvgIpc) is 2.10. The Hall–Kier alpha value is -0.890. The van der Waals surface area contributed by atoms with E-state index in [9.17, 15) is 9.18 Å². The third kappa shape index (κ3) is 1.44. The Morgan fingerprint density at radius 2 is 2.21 bits per heavy atom. The van der Waals surface area contributed by atoms with Crippen LogP contribution in [0, 0.1) is 11.7 Å². The molecule has 2 rings (SSSR count). The molecule has 0 aliphatic heterocycles. The third-order valence-electron chi connectivity index (χ3n) is 2.68. The van der Waals surface area contributed by atoms with Gasteiger partial charge in [0.15, 0.2) is 5.78 Å². The highest BCUT2D eigenvalue weighted by molar-refractivity contribution is 6.30. The molecule has 1 aromatic carbocycles. The van der Waals surface area contributed by atoms with E-state index in [0.29, 0.717) is 5.02 Å². The van der Waals surface area contributed by atoms with Crippen LogP contribution in [0.3, 0.4) is 0 Å². The Balaban J connectivity index is 2.60. The first-order valence-electron chi connectivity index (χ1n) is 4.61. The van der Waals surface area contributed by atoms with Crippen LogP contribution < -0.4 is 0 Å². The molecule has 0 N–H and O–H groups in total. The van der Waals surface area contributed by atoms with E-state index in [1.807, 2.05) is 6.92 Å². The number of hydrogen-bond acceptors (Lipinski definition) is 1. The van der Waals surface area contributed by atoms with Gasteiger partial charge < -0.3 is 0 Å². The molecule has 0 fully saturated rings. The number of benzene rings is 1. The molecule has 0 radical (unpaired) electrons. The highest BCUT2D eigenvalue weighted by Crippen LogP contribution is 2.29. The topological polar surface area (TPSA) is 17.1 Å². The molecular formula is C11H10ClFO. The van der Waals surface area contributed by atoms with Crippen LogP contribution in [0.15, 0.2) is 12.1 Å². The first kappa shape index (κ1) is 9.66. The summed E-state index contributed by atoms with van der Waals surface area (Å²) in [6.07, 6.45) is 1.52. The zero-order chi connectivity index (χ0) is 10.3. The first-order chi connectivity index (χ1) is 6.59. The van der Waals surface area contributed by atoms with Crippen LogP contribution in [0.25, 0.3) is 0 Å². The van der Waals surface area contributed by atoms with Crippen LogP contribution in [0.4, 0.5) is 4.39 Å². The second kappa shape index (κ2) is 3.35. The van der Waals surface area contributed by atoms with Crippen molar-refractivity contribution in [2.24, 2.45) is 5.92 Å². The number of Topliss-reactive ketones (excluding diaryl/α,β-unsaturated/α-hetero) is 1. The summed E-state index contributed by atoms with van der Waals surface area (Å²) in [5.41, 5.74) is 0.992. The lowest BCUT2D eigenvalue weighted by atomic mass is 9.83. The van der Waals surface area contributed by atoms with Crippen molar-refractivity contribution in [2.75, 3.05) is 0 Å². The van der Waals surface area contributed by atoms with Crippen molar-refractivity contribution in [3.8, 4) is 0 Å². The summed E-state index contributed by atoms with van der Waals surface area (Å²) in [6, 6.07) is 2.89. The highest BCUT2D eigenvalue weighted by Gasteiger charge is 2.27. The minimum Gasteiger partial charge on any atom is -0.294 e. The van der Waals surface area contributed by atoms with Gasteiger partial charge in [-0.2, -0.15) is 0 Å². The molecule has 0 heterocycles. The Labute approximate surface area is 86.9 Å². The van der Waals surface area contributed by atoms with E-state index < -0.39 is 5.82 Å². The molecule has 0 saturated carbocycles. The van der Waals surface area contributed by atoms with Gasteiger partial charge in [0, 0.05) is 10.9 Å². The minimum atomic E-state index is -0.482. The number of hydrogen-bond donors (Lipinski definition) is 0. The van der Waals surface area contributed by atoms with Crippen LogP contribution in [0.1, 0.15) is 29.3 Å². The maximum Gasteiger partial charge on any atom is 0.168 e. The normalized spacial score (nSPS) is 20.8. The van der Waals surface area contributed by atoms with Crippen LogP contribution in [-0.4, -0.2) is 5.78 Å². The molecule has 1 aliphatic rings. The Morgan fingerprint density at radius 3 is 2.93 bits per heavy atom. The maximum absolute atomic E-state index is 13.5. The molecular weight excluding hydrogens is 203 g/mol. The van der Waals surface area contributed by atoms with Gasteiger partial charge in [-0.15, -0.1) is 0 Å². The number of halogens is 2. The van der Waals surface area contributed by atoms with E-state index in [1.54, 1.807) is 6.07 Å². The van der Waals surface area contributed by atoms with Gasteiger partial charge in [-0.25, -0.2) is 4.39 Å². The van der Waals surface area contributed by atoms with Crippen LogP contribution in [-0.2, 0) is 6.42 Å². The summed E-state index contributed by atoms with van der Waals surface area (Å²) in [5.74, 6) is -0.650. The van der Waals surface area contributed by atoms with Crippen molar-refractivity contribution in [2.45, 2.75) is 19.8 Å². The summed E-state index contributed by atoms with van der Waals surface area (Å²) in [4.78, 5) is 11.7. The molecule has 1 unspecified atom stereocenters. The molecule has 0 spiro atoms. The standard InChI is InChI=1S/C11H10ClFO/c1-6-2-3-7-4-8(12)5-9(13)10(7)11(6)14/h4-6H,2-3H2,1H3. The van der Waals surface area contributed by atoms with Crippen molar-refractivity contribution in [3.05, 3.63) is 34.1 Å². The lowest BCUT2D eigenvalue weighted by Gasteiger charge is -2.20. The number of ketones is 1. The maximum atomic E-state index is 13.5. The summed E-state index contributed by atoms with van der Waals surface area (Å²) in [6.45, 7) is 1.83. The van der Waals surface area contributed by atoms with E-state index in [4.69, 9.17) is 11.6 Å². The number of carbonyl (C=O) groups excluding carboxylic acids is 1. The highest BCUT2D eigenvalue weighted by atomic mass is 35.5. The van der Waals surface area contributed by atoms with Crippen LogP contribution >= 0.6 is 11.6 Å². The van der Waals surface area contributed by atoms with Crippen LogP contribution in [0.2, 0.25) is 5.02 Å². The van der Waals surface area contributed by atoms with Gasteiger partial charge in [-0.3, -0.25) is 4.79 Å². The summed E-state index contributed by atoms with van der Waals surface area (Å²) < 4.78 is 13.5. The predicted octanol–water partition coefficient (Wildman–Crippen LogP) is 3.24. The fourth-order valence-corrected chi connectivity index (χ4v) is 2.08. The molecule has 1 atom stereocenters. The second-order valence-corrected chi connectivity index (χ2v) is 4.16. The molecule has 1 aromatic rings.